The lowest BCUT2D eigenvalue weighted by Crippen LogP contribution is -2.34. The molecule has 1 unspecified atom stereocenters. The maximum atomic E-state index is 12.3. The van der Waals surface area contributed by atoms with E-state index in [4.69, 9.17) is 21.1 Å². The van der Waals surface area contributed by atoms with Crippen LogP contribution in [0.25, 0.3) is 0 Å². The summed E-state index contributed by atoms with van der Waals surface area (Å²) < 4.78 is 37.3. The Morgan fingerprint density at radius 3 is 2.46 bits per heavy atom. The Hall–Kier alpha value is -2.29. The van der Waals surface area contributed by atoms with E-state index in [-0.39, 0.29) is 18.0 Å². The fourth-order valence-electron chi connectivity index (χ4n) is 2.50. The molecule has 0 saturated carbocycles. The van der Waals surface area contributed by atoms with Crippen molar-refractivity contribution in [1.82, 2.24) is 4.72 Å². The third-order valence-electron chi connectivity index (χ3n) is 3.88. The molecule has 0 bridgehead atoms. The topological polar surface area (TPSA) is 84.9 Å². The van der Waals surface area contributed by atoms with Crippen molar-refractivity contribution >= 4 is 33.4 Å². The number of methoxy groups -OCH3 is 1. The van der Waals surface area contributed by atoms with Crippen molar-refractivity contribution in [3.8, 4) is 5.75 Å². The average Bonchev–Trinajstić information content (AvgIpc) is 3.01. The summed E-state index contributed by atoms with van der Waals surface area (Å²) in [6.45, 7) is 0.220. The second kappa shape index (κ2) is 7.53. The summed E-state index contributed by atoms with van der Waals surface area (Å²) in [4.78, 5) is 13.6. The number of hydrogen-bond acceptors (Lipinski definition) is 5. The number of rotatable bonds is 6. The molecule has 1 fully saturated rings. The summed E-state index contributed by atoms with van der Waals surface area (Å²) in [5.74, 6) is 0.675. The Labute approximate surface area is 156 Å². The minimum atomic E-state index is -3.71. The molecule has 0 radical (unpaired) electrons. The number of nitrogens with zero attached hydrogens (tertiary/aromatic N) is 1. The van der Waals surface area contributed by atoms with Gasteiger partial charge in [-0.05, 0) is 48.5 Å². The van der Waals surface area contributed by atoms with Gasteiger partial charge in [0.2, 0.25) is 10.0 Å². The molecule has 1 aliphatic heterocycles. The third kappa shape index (κ3) is 4.09. The number of amides is 1. The van der Waals surface area contributed by atoms with Gasteiger partial charge in [0, 0.05) is 17.3 Å². The predicted octanol–water partition coefficient (Wildman–Crippen LogP) is 2.65. The highest BCUT2D eigenvalue weighted by Gasteiger charge is 2.33. The number of sulfonamides is 1. The van der Waals surface area contributed by atoms with Gasteiger partial charge in [0.1, 0.15) is 11.9 Å². The van der Waals surface area contributed by atoms with Crippen molar-refractivity contribution in [3.63, 3.8) is 0 Å². The first-order valence-electron chi connectivity index (χ1n) is 7.76. The first kappa shape index (κ1) is 18.5. The molecule has 1 amide bonds. The van der Waals surface area contributed by atoms with E-state index in [1.165, 1.54) is 29.2 Å². The standard InChI is InChI=1S/C17H17ClN2O5S/c1-24-14-6-4-13(5-7-14)20-11-15(25-17(20)21)10-19-26(22,23)16-8-2-12(18)3-9-16/h2-9,15,19H,10-11H2,1H3. The number of benzene rings is 2. The lowest BCUT2D eigenvalue weighted by molar-refractivity contribution is 0.143. The molecule has 3 rings (SSSR count). The molecule has 0 aromatic heterocycles. The van der Waals surface area contributed by atoms with Crippen LogP contribution in [0.2, 0.25) is 5.02 Å². The maximum Gasteiger partial charge on any atom is 0.414 e. The number of ether oxygens (including phenoxy) is 2. The summed E-state index contributed by atoms with van der Waals surface area (Å²) in [6, 6.07) is 12.8. The normalized spacial score (nSPS) is 17.2. The van der Waals surface area contributed by atoms with Gasteiger partial charge in [0.05, 0.1) is 18.6 Å². The van der Waals surface area contributed by atoms with Crippen LogP contribution in [0.4, 0.5) is 10.5 Å². The van der Waals surface area contributed by atoms with Gasteiger partial charge in [0.25, 0.3) is 0 Å². The summed E-state index contributed by atoms with van der Waals surface area (Å²) in [6.07, 6.45) is -1.11. The fourth-order valence-corrected chi connectivity index (χ4v) is 3.69. The number of hydrogen-bond donors (Lipinski definition) is 1. The van der Waals surface area contributed by atoms with E-state index in [0.29, 0.717) is 16.5 Å². The van der Waals surface area contributed by atoms with Crippen molar-refractivity contribution in [2.45, 2.75) is 11.0 Å². The van der Waals surface area contributed by atoms with Crippen molar-refractivity contribution in [1.29, 1.82) is 0 Å². The summed E-state index contributed by atoms with van der Waals surface area (Å²) in [5, 5.41) is 0.448. The average molecular weight is 397 g/mol. The second-order valence-corrected chi connectivity index (χ2v) is 7.82. The molecule has 0 spiro atoms. The molecule has 1 saturated heterocycles. The largest absolute Gasteiger partial charge is 0.497 e. The molecule has 9 heteroatoms. The highest BCUT2D eigenvalue weighted by atomic mass is 35.5. The molecular formula is C17H17ClN2O5S. The van der Waals surface area contributed by atoms with E-state index in [2.05, 4.69) is 4.72 Å². The van der Waals surface area contributed by atoms with Crippen molar-refractivity contribution in [2.75, 3.05) is 25.1 Å². The van der Waals surface area contributed by atoms with Gasteiger partial charge in [-0.2, -0.15) is 0 Å². The second-order valence-electron chi connectivity index (χ2n) is 5.62. The van der Waals surface area contributed by atoms with Gasteiger partial charge in [-0.3, -0.25) is 4.90 Å². The molecule has 1 heterocycles. The van der Waals surface area contributed by atoms with Crippen molar-refractivity contribution in [2.24, 2.45) is 0 Å². The van der Waals surface area contributed by atoms with Crippen LogP contribution in [-0.2, 0) is 14.8 Å². The van der Waals surface area contributed by atoms with Gasteiger partial charge in [-0.1, -0.05) is 11.6 Å². The number of carbonyl (C=O) groups is 1. The van der Waals surface area contributed by atoms with Crippen LogP contribution in [0.15, 0.2) is 53.4 Å². The van der Waals surface area contributed by atoms with Gasteiger partial charge < -0.3 is 9.47 Å². The molecule has 0 aliphatic carbocycles. The molecule has 1 atom stereocenters. The number of halogens is 1. The van der Waals surface area contributed by atoms with E-state index in [1.54, 1.807) is 31.4 Å². The molecule has 1 N–H and O–H groups in total. The van der Waals surface area contributed by atoms with E-state index in [1.807, 2.05) is 0 Å². The quantitative estimate of drug-likeness (QED) is 0.811. The summed E-state index contributed by atoms with van der Waals surface area (Å²) >= 11 is 5.77. The van der Waals surface area contributed by atoms with Crippen LogP contribution in [0.3, 0.4) is 0 Å². The lowest BCUT2D eigenvalue weighted by atomic mass is 10.2. The highest BCUT2D eigenvalue weighted by molar-refractivity contribution is 7.89. The molecule has 7 nitrogen and oxygen atoms in total. The van der Waals surface area contributed by atoms with Crippen molar-refractivity contribution < 1.29 is 22.7 Å². The number of cyclic esters (lactones) is 1. The first-order valence-corrected chi connectivity index (χ1v) is 9.62. The highest BCUT2D eigenvalue weighted by Crippen LogP contribution is 2.24. The van der Waals surface area contributed by atoms with Gasteiger partial charge in [-0.25, -0.2) is 17.9 Å². The van der Waals surface area contributed by atoms with Crippen LogP contribution >= 0.6 is 11.6 Å². The summed E-state index contributed by atoms with van der Waals surface area (Å²) in [7, 11) is -2.15. The van der Waals surface area contributed by atoms with E-state index < -0.39 is 22.2 Å². The van der Waals surface area contributed by atoms with Gasteiger partial charge in [0.15, 0.2) is 0 Å². The van der Waals surface area contributed by atoms with Gasteiger partial charge >= 0.3 is 6.09 Å². The number of anilines is 1. The number of carbonyl (C=O) groups excluding carboxylic acids is 1. The molecule has 138 valence electrons. The molecule has 2 aromatic rings. The van der Waals surface area contributed by atoms with Crippen LogP contribution in [0, 0.1) is 0 Å². The third-order valence-corrected chi connectivity index (χ3v) is 5.57. The summed E-state index contributed by atoms with van der Waals surface area (Å²) in [5.41, 5.74) is 0.652. The van der Waals surface area contributed by atoms with Gasteiger partial charge in [-0.15, -0.1) is 0 Å². The monoisotopic (exact) mass is 396 g/mol. The number of nitrogens with one attached hydrogen (secondary N) is 1. The molecule has 26 heavy (non-hydrogen) atoms. The Kier molecular flexibility index (Phi) is 5.36. The smallest absolute Gasteiger partial charge is 0.414 e. The molecular weight excluding hydrogens is 380 g/mol. The minimum absolute atomic E-state index is 0.0244. The van der Waals surface area contributed by atoms with E-state index in [0.717, 1.165) is 0 Å². The zero-order valence-corrected chi connectivity index (χ0v) is 15.5. The molecule has 2 aromatic carbocycles. The predicted molar refractivity (Wildman–Crippen MR) is 97.2 cm³/mol. The van der Waals surface area contributed by atoms with E-state index >= 15 is 0 Å². The van der Waals surface area contributed by atoms with Crippen molar-refractivity contribution in [3.05, 3.63) is 53.6 Å². The molecule has 1 aliphatic rings. The SMILES string of the molecule is COc1ccc(N2CC(CNS(=O)(=O)c3ccc(Cl)cc3)OC2=O)cc1. The van der Waals surface area contributed by atoms with Crippen LogP contribution in [0.5, 0.6) is 5.75 Å². The fraction of sp³-hybridized carbons (Fsp3) is 0.235. The Morgan fingerprint density at radius 2 is 1.85 bits per heavy atom. The maximum absolute atomic E-state index is 12.3. The Bertz CT molecular complexity index is 884. The van der Waals surface area contributed by atoms with Crippen LogP contribution in [0.1, 0.15) is 0 Å². The van der Waals surface area contributed by atoms with E-state index in [9.17, 15) is 13.2 Å². The van der Waals surface area contributed by atoms with Crippen LogP contribution in [-0.4, -0.2) is 40.8 Å². The lowest BCUT2D eigenvalue weighted by Gasteiger charge is -2.13. The zero-order valence-electron chi connectivity index (χ0n) is 13.9. The Morgan fingerprint density at radius 1 is 1.19 bits per heavy atom. The Balaban J connectivity index is 1.62. The zero-order chi connectivity index (χ0) is 18.7. The van der Waals surface area contributed by atoms with Crippen LogP contribution < -0.4 is 14.4 Å². The first-order chi connectivity index (χ1) is 12.4. The minimum Gasteiger partial charge on any atom is -0.497 e.